The van der Waals surface area contributed by atoms with Gasteiger partial charge < -0.3 is 11.5 Å². The van der Waals surface area contributed by atoms with E-state index < -0.39 is 0 Å². The molecule has 0 unspecified atom stereocenters. The molecular weight excluding hydrogens is 174 g/mol. The average Bonchev–Trinajstić information content (AvgIpc) is 2.84. The Labute approximate surface area is 75.7 Å². The Bertz CT molecular complexity index is 320. The van der Waals surface area contributed by atoms with Crippen molar-refractivity contribution in [2.45, 2.75) is 18.8 Å². The van der Waals surface area contributed by atoms with Crippen LogP contribution in [0.1, 0.15) is 24.3 Å². The molecule has 4 heteroatoms. The van der Waals surface area contributed by atoms with Gasteiger partial charge in [0.05, 0.1) is 11.4 Å². The van der Waals surface area contributed by atoms with Gasteiger partial charge >= 0.3 is 0 Å². The normalized spacial score (nSPS) is 16.4. The van der Waals surface area contributed by atoms with E-state index in [-0.39, 0.29) is 0 Å². The quantitative estimate of drug-likeness (QED) is 0.653. The van der Waals surface area contributed by atoms with Crippen LogP contribution in [-0.2, 0) is 0 Å². The molecule has 0 amide bonds. The van der Waals surface area contributed by atoms with Crippen molar-refractivity contribution >= 4 is 23.0 Å². The number of hydrogen-bond donors (Lipinski definition) is 2. The number of halogens is 1. The largest absolute Gasteiger partial charge is 0.397 e. The van der Waals surface area contributed by atoms with Gasteiger partial charge in [-0.3, -0.25) is 0 Å². The van der Waals surface area contributed by atoms with Crippen LogP contribution < -0.4 is 11.5 Å². The first-order valence-electron chi connectivity index (χ1n) is 3.89. The van der Waals surface area contributed by atoms with Crippen molar-refractivity contribution in [1.29, 1.82) is 0 Å². The lowest BCUT2D eigenvalue weighted by Crippen LogP contribution is -2.01. The van der Waals surface area contributed by atoms with Crippen LogP contribution in [0.2, 0.25) is 5.15 Å². The van der Waals surface area contributed by atoms with Gasteiger partial charge in [0.25, 0.3) is 0 Å². The van der Waals surface area contributed by atoms with Crippen molar-refractivity contribution in [3.8, 4) is 0 Å². The highest BCUT2D eigenvalue weighted by Crippen LogP contribution is 2.44. The highest BCUT2D eigenvalue weighted by Gasteiger charge is 2.27. The number of anilines is 2. The van der Waals surface area contributed by atoms with Crippen molar-refractivity contribution in [3.63, 3.8) is 0 Å². The first-order valence-corrected chi connectivity index (χ1v) is 4.27. The fourth-order valence-electron chi connectivity index (χ4n) is 1.25. The summed E-state index contributed by atoms with van der Waals surface area (Å²) in [7, 11) is 0. The Hall–Kier alpha value is -0.960. The summed E-state index contributed by atoms with van der Waals surface area (Å²) in [6, 6.07) is 0. The molecule has 1 aliphatic rings. The summed E-state index contributed by atoms with van der Waals surface area (Å²) in [5.74, 6) is 0.567. The van der Waals surface area contributed by atoms with Crippen LogP contribution in [0.4, 0.5) is 11.4 Å². The van der Waals surface area contributed by atoms with Gasteiger partial charge in [0.1, 0.15) is 0 Å². The first-order chi connectivity index (χ1) is 5.70. The SMILES string of the molecule is Nc1c(C2CC2)cnc(Cl)c1N. The highest BCUT2D eigenvalue weighted by molar-refractivity contribution is 6.32. The molecule has 0 aromatic carbocycles. The lowest BCUT2D eigenvalue weighted by atomic mass is 10.1. The average molecular weight is 184 g/mol. The zero-order valence-electron chi connectivity index (χ0n) is 6.55. The molecule has 0 bridgehead atoms. The Balaban J connectivity index is 2.49. The third-order valence-electron chi connectivity index (χ3n) is 2.16. The molecular formula is C8H10ClN3. The topological polar surface area (TPSA) is 64.9 Å². The maximum absolute atomic E-state index is 5.77. The van der Waals surface area contributed by atoms with E-state index >= 15 is 0 Å². The summed E-state index contributed by atoms with van der Waals surface area (Å²) in [6.45, 7) is 0. The molecule has 0 atom stereocenters. The summed E-state index contributed by atoms with van der Waals surface area (Å²) in [4.78, 5) is 3.96. The van der Waals surface area contributed by atoms with Crippen molar-refractivity contribution in [2.75, 3.05) is 11.5 Å². The van der Waals surface area contributed by atoms with Gasteiger partial charge in [-0.2, -0.15) is 0 Å². The van der Waals surface area contributed by atoms with E-state index in [1.165, 1.54) is 12.8 Å². The lowest BCUT2D eigenvalue weighted by Gasteiger charge is -2.06. The second-order valence-corrected chi connectivity index (χ2v) is 3.46. The Morgan fingerprint density at radius 3 is 2.58 bits per heavy atom. The molecule has 0 aliphatic heterocycles. The number of aromatic nitrogens is 1. The molecule has 4 N–H and O–H groups in total. The molecule has 1 aromatic heterocycles. The summed E-state index contributed by atoms with van der Waals surface area (Å²) in [6.07, 6.45) is 4.10. The molecule has 0 spiro atoms. The van der Waals surface area contributed by atoms with Crippen LogP contribution in [0.3, 0.4) is 0 Å². The van der Waals surface area contributed by atoms with Crippen molar-refractivity contribution in [1.82, 2.24) is 4.98 Å². The van der Waals surface area contributed by atoms with E-state index in [0.717, 1.165) is 5.56 Å². The molecule has 1 fully saturated rings. The molecule has 1 heterocycles. The second kappa shape index (κ2) is 2.52. The molecule has 12 heavy (non-hydrogen) atoms. The molecule has 0 radical (unpaired) electrons. The fourth-order valence-corrected chi connectivity index (χ4v) is 1.40. The minimum Gasteiger partial charge on any atom is -0.397 e. The van der Waals surface area contributed by atoms with Crippen LogP contribution in [0.15, 0.2) is 6.20 Å². The molecule has 2 rings (SSSR count). The van der Waals surface area contributed by atoms with Gasteiger partial charge in [0.15, 0.2) is 5.15 Å². The Morgan fingerprint density at radius 2 is 2.00 bits per heavy atom. The van der Waals surface area contributed by atoms with E-state index in [2.05, 4.69) is 4.98 Å². The molecule has 1 saturated carbocycles. The van der Waals surface area contributed by atoms with Gasteiger partial charge in [-0.1, -0.05) is 11.6 Å². The van der Waals surface area contributed by atoms with Crippen LogP contribution in [0.25, 0.3) is 0 Å². The molecule has 3 nitrogen and oxygen atoms in total. The molecule has 1 aromatic rings. The molecule has 64 valence electrons. The molecule has 0 saturated heterocycles. The monoisotopic (exact) mass is 183 g/mol. The smallest absolute Gasteiger partial charge is 0.154 e. The second-order valence-electron chi connectivity index (χ2n) is 3.11. The number of rotatable bonds is 1. The Kier molecular flexibility index (Phi) is 1.61. The number of nitrogens with zero attached hydrogens (tertiary/aromatic N) is 1. The maximum Gasteiger partial charge on any atom is 0.154 e. The molecule has 1 aliphatic carbocycles. The van der Waals surface area contributed by atoms with Gasteiger partial charge in [-0.15, -0.1) is 0 Å². The third kappa shape index (κ3) is 1.10. The van der Waals surface area contributed by atoms with E-state index in [1.54, 1.807) is 6.20 Å². The highest BCUT2D eigenvalue weighted by atomic mass is 35.5. The zero-order chi connectivity index (χ0) is 8.72. The van der Waals surface area contributed by atoms with Crippen molar-refractivity contribution < 1.29 is 0 Å². The van der Waals surface area contributed by atoms with Crippen LogP contribution in [0, 0.1) is 0 Å². The number of nitrogen functional groups attached to an aromatic ring is 2. The van der Waals surface area contributed by atoms with Crippen LogP contribution in [-0.4, -0.2) is 4.98 Å². The van der Waals surface area contributed by atoms with E-state index in [1.807, 2.05) is 0 Å². The van der Waals surface area contributed by atoms with E-state index in [0.29, 0.717) is 22.4 Å². The minimum atomic E-state index is 0.303. The summed E-state index contributed by atoms with van der Waals surface area (Å²) in [5.41, 5.74) is 13.5. The van der Waals surface area contributed by atoms with E-state index in [9.17, 15) is 0 Å². The minimum absolute atomic E-state index is 0.303. The number of nitrogens with two attached hydrogens (primary N) is 2. The van der Waals surface area contributed by atoms with Crippen molar-refractivity contribution in [2.24, 2.45) is 0 Å². The number of hydrogen-bond acceptors (Lipinski definition) is 3. The van der Waals surface area contributed by atoms with Gasteiger partial charge in [-0.05, 0) is 24.3 Å². The standard InChI is InChI=1S/C8H10ClN3/c9-8-7(11)6(10)5(3-12-8)4-1-2-4/h3-4H,1-2,11H2,(H2,10,12). The maximum atomic E-state index is 5.77. The van der Waals surface area contributed by atoms with Gasteiger partial charge in [0, 0.05) is 6.20 Å². The fraction of sp³-hybridized carbons (Fsp3) is 0.375. The van der Waals surface area contributed by atoms with Gasteiger partial charge in [0.2, 0.25) is 0 Å². The van der Waals surface area contributed by atoms with Gasteiger partial charge in [-0.25, -0.2) is 4.98 Å². The predicted octanol–water partition coefficient (Wildman–Crippen LogP) is 1.78. The van der Waals surface area contributed by atoms with Crippen LogP contribution >= 0.6 is 11.6 Å². The third-order valence-corrected chi connectivity index (χ3v) is 2.46. The first kappa shape index (κ1) is 7.68. The summed E-state index contributed by atoms with van der Waals surface area (Å²) in [5, 5.41) is 0.303. The van der Waals surface area contributed by atoms with Crippen molar-refractivity contribution in [3.05, 3.63) is 16.9 Å². The predicted molar refractivity (Wildman–Crippen MR) is 50.0 cm³/mol. The van der Waals surface area contributed by atoms with E-state index in [4.69, 9.17) is 23.1 Å². The Morgan fingerprint density at radius 1 is 1.33 bits per heavy atom. The summed E-state index contributed by atoms with van der Waals surface area (Å²) < 4.78 is 0. The lowest BCUT2D eigenvalue weighted by molar-refractivity contribution is 1.10. The van der Waals surface area contributed by atoms with Crippen LogP contribution in [0.5, 0.6) is 0 Å². The summed E-state index contributed by atoms with van der Waals surface area (Å²) >= 11 is 5.69. The number of pyridine rings is 1. The zero-order valence-corrected chi connectivity index (χ0v) is 7.30.